The SMILES string of the molecule is Fc1ccc(Oc2ccc(F)cc2CNC2CC2)c(F)c1. The highest BCUT2D eigenvalue weighted by Gasteiger charge is 2.21. The summed E-state index contributed by atoms with van der Waals surface area (Å²) in [5.41, 5.74) is 0.602. The normalized spacial score (nSPS) is 14.2. The molecule has 1 fully saturated rings. The fourth-order valence-electron chi connectivity index (χ4n) is 2.00. The fraction of sp³-hybridized carbons (Fsp3) is 0.250. The molecule has 1 saturated carbocycles. The molecule has 0 heterocycles. The molecule has 0 bridgehead atoms. The zero-order chi connectivity index (χ0) is 14.8. The van der Waals surface area contributed by atoms with Crippen molar-refractivity contribution < 1.29 is 17.9 Å². The molecule has 2 aromatic rings. The van der Waals surface area contributed by atoms with Gasteiger partial charge in [-0.05, 0) is 43.2 Å². The molecule has 0 unspecified atom stereocenters. The first-order chi connectivity index (χ1) is 10.1. The molecule has 2 aromatic carbocycles. The van der Waals surface area contributed by atoms with Gasteiger partial charge in [0.15, 0.2) is 11.6 Å². The second-order valence-corrected chi connectivity index (χ2v) is 5.08. The Hall–Kier alpha value is -2.01. The molecule has 0 aliphatic heterocycles. The predicted molar refractivity (Wildman–Crippen MR) is 72.7 cm³/mol. The number of halogens is 3. The highest BCUT2D eigenvalue weighted by atomic mass is 19.1. The molecule has 0 radical (unpaired) electrons. The quantitative estimate of drug-likeness (QED) is 0.894. The van der Waals surface area contributed by atoms with Crippen LogP contribution in [0.25, 0.3) is 0 Å². The van der Waals surface area contributed by atoms with Crippen LogP contribution in [0.4, 0.5) is 13.2 Å². The van der Waals surface area contributed by atoms with E-state index in [1.54, 1.807) is 0 Å². The Kier molecular flexibility index (Phi) is 3.84. The van der Waals surface area contributed by atoms with Gasteiger partial charge in [0.1, 0.15) is 17.4 Å². The molecule has 5 heteroatoms. The zero-order valence-corrected chi connectivity index (χ0v) is 11.2. The van der Waals surface area contributed by atoms with E-state index in [2.05, 4.69) is 5.32 Å². The minimum absolute atomic E-state index is 0.0873. The standard InChI is InChI=1S/C16H14F3NO/c17-11-1-5-15(10(7-11)9-20-13-3-4-13)21-16-6-2-12(18)8-14(16)19/h1-2,5-8,13,20H,3-4,9H2. The Morgan fingerprint density at radius 2 is 1.62 bits per heavy atom. The molecular weight excluding hydrogens is 279 g/mol. The average Bonchev–Trinajstić information content (AvgIpc) is 3.26. The fourth-order valence-corrected chi connectivity index (χ4v) is 2.00. The van der Waals surface area contributed by atoms with Crippen LogP contribution in [0.1, 0.15) is 18.4 Å². The first-order valence-electron chi connectivity index (χ1n) is 6.76. The largest absolute Gasteiger partial charge is 0.454 e. The third-order valence-electron chi connectivity index (χ3n) is 3.29. The van der Waals surface area contributed by atoms with Crippen molar-refractivity contribution in [3.8, 4) is 11.5 Å². The van der Waals surface area contributed by atoms with Gasteiger partial charge in [0.25, 0.3) is 0 Å². The molecule has 0 saturated heterocycles. The highest BCUT2D eigenvalue weighted by molar-refractivity contribution is 5.39. The predicted octanol–water partition coefficient (Wildman–Crippen LogP) is 4.15. The van der Waals surface area contributed by atoms with E-state index in [-0.39, 0.29) is 11.6 Å². The van der Waals surface area contributed by atoms with Crippen LogP contribution in [0.15, 0.2) is 36.4 Å². The van der Waals surface area contributed by atoms with Gasteiger partial charge in [-0.2, -0.15) is 0 Å². The van der Waals surface area contributed by atoms with Gasteiger partial charge < -0.3 is 10.1 Å². The monoisotopic (exact) mass is 293 g/mol. The van der Waals surface area contributed by atoms with Gasteiger partial charge in [-0.3, -0.25) is 0 Å². The van der Waals surface area contributed by atoms with Crippen LogP contribution in [0.3, 0.4) is 0 Å². The van der Waals surface area contributed by atoms with E-state index in [9.17, 15) is 13.2 Å². The van der Waals surface area contributed by atoms with Crippen LogP contribution in [0.2, 0.25) is 0 Å². The maximum Gasteiger partial charge on any atom is 0.168 e. The Bertz CT molecular complexity index is 656. The minimum atomic E-state index is -0.791. The third-order valence-corrected chi connectivity index (χ3v) is 3.29. The number of hydrogen-bond donors (Lipinski definition) is 1. The van der Waals surface area contributed by atoms with Crippen molar-refractivity contribution in [3.05, 3.63) is 59.4 Å². The van der Waals surface area contributed by atoms with E-state index < -0.39 is 11.6 Å². The molecule has 1 aliphatic carbocycles. The van der Waals surface area contributed by atoms with E-state index >= 15 is 0 Å². The lowest BCUT2D eigenvalue weighted by atomic mass is 10.2. The molecule has 3 rings (SSSR count). The van der Waals surface area contributed by atoms with Crippen LogP contribution in [0.5, 0.6) is 11.5 Å². The lowest BCUT2D eigenvalue weighted by Crippen LogP contribution is -2.16. The first-order valence-corrected chi connectivity index (χ1v) is 6.76. The second kappa shape index (κ2) is 5.77. The van der Waals surface area contributed by atoms with Crippen LogP contribution in [-0.4, -0.2) is 6.04 Å². The number of nitrogens with one attached hydrogen (secondary N) is 1. The molecule has 0 aromatic heterocycles. The van der Waals surface area contributed by atoms with Crippen LogP contribution < -0.4 is 10.1 Å². The Balaban J connectivity index is 1.82. The van der Waals surface area contributed by atoms with E-state index in [1.807, 2.05) is 0 Å². The van der Waals surface area contributed by atoms with E-state index in [0.29, 0.717) is 23.9 Å². The van der Waals surface area contributed by atoms with Gasteiger partial charge in [0.05, 0.1) is 0 Å². The van der Waals surface area contributed by atoms with Gasteiger partial charge in [-0.15, -0.1) is 0 Å². The summed E-state index contributed by atoms with van der Waals surface area (Å²) in [7, 11) is 0. The number of benzene rings is 2. The Morgan fingerprint density at radius 3 is 2.29 bits per heavy atom. The van der Waals surface area contributed by atoms with Crippen LogP contribution in [0, 0.1) is 17.5 Å². The molecular formula is C16H14F3NO. The molecule has 2 nitrogen and oxygen atoms in total. The summed E-state index contributed by atoms with van der Waals surface area (Å²) in [4.78, 5) is 0. The van der Waals surface area contributed by atoms with Gasteiger partial charge in [0, 0.05) is 24.2 Å². The minimum Gasteiger partial charge on any atom is -0.454 e. The smallest absolute Gasteiger partial charge is 0.168 e. The molecule has 1 N–H and O–H groups in total. The number of ether oxygens (including phenoxy) is 1. The summed E-state index contributed by atoms with van der Waals surface area (Å²) in [5.74, 6) is -1.57. The van der Waals surface area contributed by atoms with Crippen molar-refractivity contribution in [1.29, 1.82) is 0 Å². The van der Waals surface area contributed by atoms with Crippen LogP contribution >= 0.6 is 0 Å². The van der Waals surface area contributed by atoms with Gasteiger partial charge in [-0.25, -0.2) is 13.2 Å². The number of hydrogen-bond acceptors (Lipinski definition) is 2. The summed E-state index contributed by atoms with van der Waals surface area (Å²) in [6.45, 7) is 0.445. The lowest BCUT2D eigenvalue weighted by molar-refractivity contribution is 0.430. The third kappa shape index (κ3) is 3.55. The van der Waals surface area contributed by atoms with Gasteiger partial charge in [0.2, 0.25) is 0 Å². The Labute approximate surface area is 120 Å². The maximum absolute atomic E-state index is 13.6. The lowest BCUT2D eigenvalue weighted by Gasteiger charge is -2.12. The molecule has 110 valence electrons. The van der Waals surface area contributed by atoms with E-state index in [0.717, 1.165) is 25.0 Å². The van der Waals surface area contributed by atoms with Crippen molar-refractivity contribution in [1.82, 2.24) is 5.32 Å². The Morgan fingerprint density at radius 1 is 0.952 bits per heavy atom. The van der Waals surface area contributed by atoms with Crippen LogP contribution in [-0.2, 0) is 6.54 Å². The van der Waals surface area contributed by atoms with Gasteiger partial charge in [-0.1, -0.05) is 0 Å². The summed E-state index contributed by atoms with van der Waals surface area (Å²) in [5, 5.41) is 3.25. The molecule has 1 aliphatic rings. The first kappa shape index (κ1) is 13.9. The van der Waals surface area contributed by atoms with Crippen molar-refractivity contribution in [3.63, 3.8) is 0 Å². The molecule has 0 amide bonds. The highest BCUT2D eigenvalue weighted by Crippen LogP contribution is 2.29. The van der Waals surface area contributed by atoms with Crippen molar-refractivity contribution in [2.75, 3.05) is 0 Å². The molecule has 21 heavy (non-hydrogen) atoms. The topological polar surface area (TPSA) is 21.3 Å². The second-order valence-electron chi connectivity index (χ2n) is 5.08. The number of rotatable bonds is 5. The van der Waals surface area contributed by atoms with Crippen molar-refractivity contribution in [2.45, 2.75) is 25.4 Å². The molecule has 0 spiro atoms. The van der Waals surface area contributed by atoms with Gasteiger partial charge >= 0.3 is 0 Å². The van der Waals surface area contributed by atoms with E-state index in [4.69, 9.17) is 4.74 Å². The summed E-state index contributed by atoms with van der Waals surface area (Å²) < 4.78 is 45.3. The zero-order valence-electron chi connectivity index (χ0n) is 11.2. The summed E-state index contributed by atoms with van der Waals surface area (Å²) in [6, 6.07) is 7.59. The average molecular weight is 293 g/mol. The van der Waals surface area contributed by atoms with Crippen molar-refractivity contribution in [2.24, 2.45) is 0 Å². The maximum atomic E-state index is 13.6. The molecule has 0 atom stereocenters. The van der Waals surface area contributed by atoms with E-state index in [1.165, 1.54) is 24.3 Å². The summed E-state index contributed by atoms with van der Waals surface area (Å²) >= 11 is 0. The summed E-state index contributed by atoms with van der Waals surface area (Å²) in [6.07, 6.45) is 2.22. The van der Waals surface area contributed by atoms with Crippen molar-refractivity contribution >= 4 is 0 Å².